The Balaban J connectivity index is 2.04. The normalized spacial score (nSPS) is 9.74. The van der Waals surface area contributed by atoms with Crippen molar-refractivity contribution in [1.29, 1.82) is 5.26 Å². The molecular weight excluding hydrogens is 245 g/mol. The molecule has 1 heterocycles. The number of nitriles is 1. The summed E-state index contributed by atoms with van der Waals surface area (Å²) < 4.78 is 18.9. The first kappa shape index (κ1) is 12.8. The predicted octanol–water partition coefficient (Wildman–Crippen LogP) is 2.71. The molecule has 0 radical (unpaired) electrons. The molecule has 2 aromatic rings. The van der Waals surface area contributed by atoms with Gasteiger partial charge in [-0.05, 0) is 24.3 Å². The number of hydrogen-bond donors (Lipinski definition) is 1. The zero-order chi connectivity index (χ0) is 13.7. The van der Waals surface area contributed by atoms with Crippen LogP contribution in [0.3, 0.4) is 0 Å². The van der Waals surface area contributed by atoms with Crippen LogP contribution in [-0.2, 0) is 6.61 Å². The second-order valence-corrected chi connectivity index (χ2v) is 3.85. The number of rotatable bonds is 4. The Morgan fingerprint density at radius 2 is 2.21 bits per heavy atom. The molecule has 96 valence electrons. The summed E-state index contributed by atoms with van der Waals surface area (Å²) in [7, 11) is 1.78. The monoisotopic (exact) mass is 257 g/mol. The molecule has 0 saturated carbocycles. The minimum atomic E-state index is -0.543. The summed E-state index contributed by atoms with van der Waals surface area (Å²) in [5.41, 5.74) is 1.10. The van der Waals surface area contributed by atoms with Crippen LogP contribution in [0.1, 0.15) is 11.1 Å². The third-order valence-corrected chi connectivity index (χ3v) is 2.54. The second-order valence-electron chi connectivity index (χ2n) is 3.85. The van der Waals surface area contributed by atoms with Gasteiger partial charge in [-0.1, -0.05) is 6.07 Å². The van der Waals surface area contributed by atoms with Crippen LogP contribution < -0.4 is 10.1 Å². The second kappa shape index (κ2) is 5.83. The topological polar surface area (TPSA) is 57.9 Å². The van der Waals surface area contributed by atoms with Gasteiger partial charge in [0.05, 0.1) is 11.6 Å². The Kier molecular flexibility index (Phi) is 3.94. The highest BCUT2D eigenvalue weighted by Crippen LogP contribution is 2.19. The third-order valence-electron chi connectivity index (χ3n) is 2.54. The van der Waals surface area contributed by atoms with Crippen molar-refractivity contribution in [2.45, 2.75) is 6.61 Å². The standard InChI is InChI=1S/C14H12FN3O/c1-17-14-5-3-11(8-18-14)9-19-13-4-2-10(7-16)6-12(13)15/h2-6,8H,9H2,1H3,(H,17,18). The van der Waals surface area contributed by atoms with Crippen LogP contribution in [0.4, 0.5) is 10.2 Å². The summed E-state index contributed by atoms with van der Waals surface area (Å²) >= 11 is 0. The Bertz CT molecular complexity index is 605. The first-order chi connectivity index (χ1) is 9.22. The lowest BCUT2D eigenvalue weighted by Gasteiger charge is -2.07. The van der Waals surface area contributed by atoms with Gasteiger partial charge in [0, 0.05) is 18.8 Å². The van der Waals surface area contributed by atoms with Gasteiger partial charge in [0.1, 0.15) is 12.4 Å². The molecule has 19 heavy (non-hydrogen) atoms. The molecule has 0 aliphatic carbocycles. The van der Waals surface area contributed by atoms with E-state index in [9.17, 15) is 4.39 Å². The summed E-state index contributed by atoms with van der Waals surface area (Å²) in [6, 6.07) is 9.64. The average Bonchev–Trinajstić information content (AvgIpc) is 2.46. The summed E-state index contributed by atoms with van der Waals surface area (Å²) in [6.07, 6.45) is 1.66. The molecule has 0 unspecified atom stereocenters. The largest absolute Gasteiger partial charge is 0.486 e. The lowest BCUT2D eigenvalue weighted by atomic mass is 10.2. The number of halogens is 1. The quantitative estimate of drug-likeness (QED) is 0.914. The summed E-state index contributed by atoms with van der Waals surface area (Å²) in [4.78, 5) is 4.13. The molecule has 0 saturated heterocycles. The molecule has 0 aliphatic rings. The zero-order valence-electron chi connectivity index (χ0n) is 10.4. The highest BCUT2D eigenvalue weighted by molar-refractivity contribution is 5.37. The minimum absolute atomic E-state index is 0.122. The highest BCUT2D eigenvalue weighted by atomic mass is 19.1. The van der Waals surface area contributed by atoms with E-state index in [4.69, 9.17) is 10.00 Å². The van der Waals surface area contributed by atoms with Crippen LogP contribution >= 0.6 is 0 Å². The maximum atomic E-state index is 13.6. The van der Waals surface area contributed by atoms with Gasteiger partial charge in [-0.3, -0.25) is 0 Å². The number of hydrogen-bond acceptors (Lipinski definition) is 4. The van der Waals surface area contributed by atoms with Crippen LogP contribution in [0.25, 0.3) is 0 Å². The Hall–Kier alpha value is -2.61. The molecule has 1 aromatic heterocycles. The van der Waals surface area contributed by atoms with Crippen molar-refractivity contribution in [3.05, 3.63) is 53.5 Å². The van der Waals surface area contributed by atoms with Gasteiger partial charge in [0.2, 0.25) is 0 Å². The number of benzene rings is 1. The van der Waals surface area contributed by atoms with Crippen molar-refractivity contribution in [1.82, 2.24) is 4.98 Å². The highest BCUT2D eigenvalue weighted by Gasteiger charge is 2.05. The minimum Gasteiger partial charge on any atom is -0.486 e. The van der Waals surface area contributed by atoms with E-state index < -0.39 is 5.82 Å². The van der Waals surface area contributed by atoms with E-state index in [-0.39, 0.29) is 17.9 Å². The Labute approximate surface area is 110 Å². The molecule has 0 fully saturated rings. The first-order valence-electron chi connectivity index (χ1n) is 5.68. The number of anilines is 1. The van der Waals surface area contributed by atoms with Gasteiger partial charge >= 0.3 is 0 Å². The maximum Gasteiger partial charge on any atom is 0.166 e. The van der Waals surface area contributed by atoms with Gasteiger partial charge in [0.25, 0.3) is 0 Å². The molecule has 4 nitrogen and oxygen atoms in total. The smallest absolute Gasteiger partial charge is 0.166 e. The SMILES string of the molecule is CNc1ccc(COc2ccc(C#N)cc2F)cn1. The number of nitrogens with one attached hydrogen (secondary N) is 1. The van der Waals surface area contributed by atoms with E-state index in [0.717, 1.165) is 17.4 Å². The number of ether oxygens (including phenoxy) is 1. The molecule has 0 amide bonds. The van der Waals surface area contributed by atoms with Crippen molar-refractivity contribution < 1.29 is 9.13 Å². The van der Waals surface area contributed by atoms with Gasteiger partial charge in [-0.15, -0.1) is 0 Å². The predicted molar refractivity (Wildman–Crippen MR) is 69.2 cm³/mol. The van der Waals surface area contributed by atoms with Crippen LogP contribution in [0.2, 0.25) is 0 Å². The average molecular weight is 257 g/mol. The van der Waals surface area contributed by atoms with E-state index in [1.807, 2.05) is 18.2 Å². The van der Waals surface area contributed by atoms with Crippen molar-refractivity contribution in [2.24, 2.45) is 0 Å². The molecule has 0 spiro atoms. The van der Waals surface area contributed by atoms with Crippen molar-refractivity contribution >= 4 is 5.82 Å². The van der Waals surface area contributed by atoms with Crippen molar-refractivity contribution in [3.63, 3.8) is 0 Å². The van der Waals surface area contributed by atoms with Crippen LogP contribution in [0, 0.1) is 17.1 Å². The molecule has 1 aromatic carbocycles. The first-order valence-corrected chi connectivity index (χ1v) is 5.68. The van der Waals surface area contributed by atoms with E-state index in [2.05, 4.69) is 10.3 Å². The van der Waals surface area contributed by atoms with E-state index in [1.54, 1.807) is 13.2 Å². The summed E-state index contributed by atoms with van der Waals surface area (Å²) in [6.45, 7) is 0.222. The van der Waals surface area contributed by atoms with E-state index >= 15 is 0 Å². The fourth-order valence-corrected chi connectivity index (χ4v) is 1.51. The molecule has 2 rings (SSSR count). The van der Waals surface area contributed by atoms with E-state index in [1.165, 1.54) is 12.1 Å². The summed E-state index contributed by atoms with van der Waals surface area (Å²) in [5, 5.41) is 11.5. The van der Waals surface area contributed by atoms with Crippen molar-refractivity contribution in [3.8, 4) is 11.8 Å². The lowest BCUT2D eigenvalue weighted by Crippen LogP contribution is -1.99. The number of pyridine rings is 1. The molecule has 0 bridgehead atoms. The van der Waals surface area contributed by atoms with Crippen molar-refractivity contribution in [2.75, 3.05) is 12.4 Å². The fraction of sp³-hybridized carbons (Fsp3) is 0.143. The molecule has 1 N–H and O–H groups in total. The zero-order valence-corrected chi connectivity index (χ0v) is 10.4. The van der Waals surface area contributed by atoms with Gasteiger partial charge < -0.3 is 10.1 Å². The number of aromatic nitrogens is 1. The Morgan fingerprint density at radius 1 is 1.37 bits per heavy atom. The fourth-order valence-electron chi connectivity index (χ4n) is 1.51. The van der Waals surface area contributed by atoms with Gasteiger partial charge in [-0.25, -0.2) is 9.37 Å². The maximum absolute atomic E-state index is 13.6. The molecule has 0 aliphatic heterocycles. The van der Waals surface area contributed by atoms with Gasteiger partial charge in [-0.2, -0.15) is 5.26 Å². The lowest BCUT2D eigenvalue weighted by molar-refractivity contribution is 0.290. The summed E-state index contributed by atoms with van der Waals surface area (Å²) in [5.74, 6) is 0.337. The third kappa shape index (κ3) is 3.19. The molecule has 5 heteroatoms. The Morgan fingerprint density at radius 3 is 2.79 bits per heavy atom. The van der Waals surface area contributed by atoms with Crippen LogP contribution in [0.5, 0.6) is 5.75 Å². The molecular formula is C14H12FN3O. The van der Waals surface area contributed by atoms with E-state index in [0.29, 0.717) is 0 Å². The van der Waals surface area contributed by atoms with Crippen LogP contribution in [0.15, 0.2) is 36.5 Å². The van der Waals surface area contributed by atoms with Gasteiger partial charge in [0.15, 0.2) is 11.6 Å². The number of nitrogens with zero attached hydrogens (tertiary/aromatic N) is 2. The van der Waals surface area contributed by atoms with Crippen LogP contribution in [-0.4, -0.2) is 12.0 Å². The molecule has 0 atom stereocenters.